The number of hydrogen-bond donors (Lipinski definition) is 1. The molecule has 1 saturated heterocycles. The zero-order valence-corrected chi connectivity index (χ0v) is 17.4. The molecule has 2 aliphatic rings. The molecular formula is C20H21N3O7S. The SMILES string of the molecule is O=C(Nc1cccc(S(=O)(=O)N2CCCCC2)c1)c1cc2c(cc1[N+](=O)[O-])OCCO2. The number of hydrogen-bond acceptors (Lipinski definition) is 7. The molecule has 1 N–H and O–H groups in total. The van der Waals surface area contributed by atoms with Gasteiger partial charge in [0.05, 0.1) is 15.9 Å². The molecule has 2 aromatic rings. The van der Waals surface area contributed by atoms with Crippen molar-refractivity contribution in [3.63, 3.8) is 0 Å². The summed E-state index contributed by atoms with van der Waals surface area (Å²) in [6.07, 6.45) is 2.61. The van der Waals surface area contributed by atoms with Crippen molar-refractivity contribution in [3.8, 4) is 11.5 Å². The fraction of sp³-hybridized carbons (Fsp3) is 0.350. The van der Waals surface area contributed by atoms with E-state index in [9.17, 15) is 23.3 Å². The van der Waals surface area contributed by atoms with Crippen molar-refractivity contribution in [1.82, 2.24) is 4.31 Å². The van der Waals surface area contributed by atoms with E-state index in [2.05, 4.69) is 5.32 Å². The van der Waals surface area contributed by atoms with Gasteiger partial charge >= 0.3 is 0 Å². The molecule has 0 saturated carbocycles. The van der Waals surface area contributed by atoms with Crippen molar-refractivity contribution < 1.29 is 27.6 Å². The van der Waals surface area contributed by atoms with E-state index in [1.54, 1.807) is 0 Å². The Labute approximate surface area is 179 Å². The van der Waals surface area contributed by atoms with E-state index in [4.69, 9.17) is 9.47 Å². The van der Waals surface area contributed by atoms with Crippen LogP contribution in [0.5, 0.6) is 11.5 Å². The molecule has 11 heteroatoms. The average molecular weight is 447 g/mol. The number of sulfonamides is 1. The monoisotopic (exact) mass is 447 g/mol. The van der Waals surface area contributed by atoms with Crippen LogP contribution in [0, 0.1) is 10.1 Å². The molecule has 0 radical (unpaired) electrons. The highest BCUT2D eigenvalue weighted by atomic mass is 32.2. The number of benzene rings is 2. The summed E-state index contributed by atoms with van der Waals surface area (Å²) in [4.78, 5) is 23.7. The van der Waals surface area contributed by atoms with Gasteiger partial charge in [0.2, 0.25) is 10.0 Å². The molecule has 0 atom stereocenters. The number of carbonyl (C=O) groups is 1. The Hall–Kier alpha value is -3.18. The Balaban J connectivity index is 1.61. The number of nitrogens with zero attached hydrogens (tertiary/aromatic N) is 2. The smallest absolute Gasteiger partial charge is 0.286 e. The normalized spacial score (nSPS) is 16.5. The summed E-state index contributed by atoms with van der Waals surface area (Å²) in [6.45, 7) is 1.45. The Morgan fingerprint density at radius 3 is 2.39 bits per heavy atom. The zero-order valence-electron chi connectivity index (χ0n) is 16.6. The van der Waals surface area contributed by atoms with Gasteiger partial charge in [0.25, 0.3) is 11.6 Å². The van der Waals surface area contributed by atoms with E-state index in [-0.39, 0.29) is 40.9 Å². The Morgan fingerprint density at radius 1 is 1.03 bits per heavy atom. The van der Waals surface area contributed by atoms with Gasteiger partial charge < -0.3 is 14.8 Å². The molecule has 0 unspecified atom stereocenters. The van der Waals surface area contributed by atoms with Crippen molar-refractivity contribution in [2.24, 2.45) is 0 Å². The lowest BCUT2D eigenvalue weighted by Gasteiger charge is -2.26. The first-order valence-electron chi connectivity index (χ1n) is 9.86. The molecule has 4 rings (SSSR count). The van der Waals surface area contributed by atoms with Crippen molar-refractivity contribution in [2.45, 2.75) is 24.2 Å². The fourth-order valence-electron chi connectivity index (χ4n) is 3.60. The van der Waals surface area contributed by atoms with Gasteiger partial charge in [-0.15, -0.1) is 0 Å². The lowest BCUT2D eigenvalue weighted by Crippen LogP contribution is -2.35. The van der Waals surface area contributed by atoms with E-state index in [1.165, 1.54) is 34.6 Å². The number of nitro benzene ring substituents is 1. The first kappa shape index (κ1) is 21.1. The minimum absolute atomic E-state index is 0.0591. The molecule has 2 aliphatic heterocycles. The largest absolute Gasteiger partial charge is 0.486 e. The molecule has 10 nitrogen and oxygen atoms in total. The van der Waals surface area contributed by atoms with Crippen LogP contribution in [0.4, 0.5) is 11.4 Å². The van der Waals surface area contributed by atoms with Crippen molar-refractivity contribution in [1.29, 1.82) is 0 Å². The van der Waals surface area contributed by atoms with Gasteiger partial charge in [0, 0.05) is 24.8 Å². The zero-order chi connectivity index (χ0) is 22.0. The number of anilines is 1. The molecule has 1 amide bonds. The maximum absolute atomic E-state index is 12.9. The van der Waals surface area contributed by atoms with Crippen LogP contribution < -0.4 is 14.8 Å². The maximum Gasteiger partial charge on any atom is 0.286 e. The topological polar surface area (TPSA) is 128 Å². The highest BCUT2D eigenvalue weighted by Gasteiger charge is 2.28. The molecule has 1 fully saturated rings. The summed E-state index contributed by atoms with van der Waals surface area (Å²) >= 11 is 0. The Bertz CT molecular complexity index is 1130. The lowest BCUT2D eigenvalue weighted by atomic mass is 10.1. The summed E-state index contributed by atoms with van der Waals surface area (Å²) in [5.74, 6) is -0.316. The molecule has 31 heavy (non-hydrogen) atoms. The van der Waals surface area contributed by atoms with E-state index >= 15 is 0 Å². The second-order valence-corrected chi connectivity index (χ2v) is 9.15. The van der Waals surface area contributed by atoms with Gasteiger partial charge in [0.1, 0.15) is 18.8 Å². The van der Waals surface area contributed by atoms with Crippen LogP contribution in [0.3, 0.4) is 0 Å². The maximum atomic E-state index is 12.9. The standard InChI is InChI=1S/C20H21N3O7S/c24-20(16-12-18-19(30-10-9-29-18)13-17(16)23(25)26)21-14-5-4-6-15(11-14)31(27,28)22-7-2-1-3-8-22/h4-6,11-13H,1-3,7-10H2,(H,21,24). The van der Waals surface area contributed by atoms with Crippen molar-refractivity contribution >= 4 is 27.3 Å². The fourth-order valence-corrected chi connectivity index (χ4v) is 5.16. The molecule has 0 aromatic heterocycles. The molecule has 0 bridgehead atoms. The number of nitrogens with one attached hydrogen (secondary N) is 1. The van der Waals surface area contributed by atoms with Gasteiger partial charge in [-0.2, -0.15) is 4.31 Å². The number of rotatable bonds is 5. The number of carbonyl (C=O) groups excluding carboxylic acids is 1. The molecule has 2 aromatic carbocycles. The Morgan fingerprint density at radius 2 is 1.71 bits per heavy atom. The van der Waals surface area contributed by atoms with E-state index in [0.29, 0.717) is 13.1 Å². The van der Waals surface area contributed by atoms with Crippen LogP contribution >= 0.6 is 0 Å². The summed E-state index contributed by atoms with van der Waals surface area (Å²) in [5, 5.41) is 14.0. The van der Waals surface area contributed by atoms with Crippen molar-refractivity contribution in [2.75, 3.05) is 31.6 Å². The molecule has 164 valence electrons. The second-order valence-electron chi connectivity index (χ2n) is 7.22. The van der Waals surface area contributed by atoms with Crippen LogP contribution in [0.15, 0.2) is 41.3 Å². The van der Waals surface area contributed by atoms with Crippen molar-refractivity contribution in [3.05, 3.63) is 52.1 Å². The molecular weight excluding hydrogens is 426 g/mol. The third kappa shape index (κ3) is 4.32. The van der Waals surface area contributed by atoms with Gasteiger partial charge in [-0.1, -0.05) is 12.5 Å². The quantitative estimate of drug-likeness (QED) is 0.551. The Kier molecular flexibility index (Phi) is 5.79. The van der Waals surface area contributed by atoms with Gasteiger partial charge in [-0.3, -0.25) is 14.9 Å². The van der Waals surface area contributed by atoms with Crippen LogP contribution in [0.25, 0.3) is 0 Å². The minimum atomic E-state index is -3.68. The summed E-state index contributed by atoms with van der Waals surface area (Å²) in [6, 6.07) is 8.27. The van der Waals surface area contributed by atoms with Gasteiger partial charge in [-0.05, 0) is 31.0 Å². The van der Waals surface area contributed by atoms with E-state index in [1.807, 2.05) is 0 Å². The minimum Gasteiger partial charge on any atom is -0.486 e. The number of nitro groups is 1. The predicted octanol–water partition coefficient (Wildman–Crippen LogP) is 2.79. The van der Waals surface area contributed by atoms with Crippen LogP contribution in [0.1, 0.15) is 29.6 Å². The highest BCUT2D eigenvalue weighted by Crippen LogP contribution is 2.37. The summed E-state index contributed by atoms with van der Waals surface area (Å²) in [7, 11) is -3.68. The predicted molar refractivity (Wildman–Crippen MR) is 111 cm³/mol. The van der Waals surface area contributed by atoms with Gasteiger partial charge in [0.15, 0.2) is 11.5 Å². The van der Waals surface area contributed by atoms with Crippen LogP contribution in [-0.4, -0.2) is 49.9 Å². The van der Waals surface area contributed by atoms with E-state index in [0.717, 1.165) is 25.3 Å². The number of piperidine rings is 1. The first-order chi connectivity index (χ1) is 14.9. The first-order valence-corrected chi connectivity index (χ1v) is 11.3. The van der Waals surface area contributed by atoms with Gasteiger partial charge in [-0.25, -0.2) is 8.42 Å². The molecule has 2 heterocycles. The number of ether oxygens (including phenoxy) is 2. The summed E-state index contributed by atoms with van der Waals surface area (Å²) in [5.41, 5.74) is -0.426. The molecule has 0 spiro atoms. The van der Waals surface area contributed by atoms with Crippen LogP contribution in [0.2, 0.25) is 0 Å². The lowest BCUT2D eigenvalue weighted by molar-refractivity contribution is -0.385. The number of fused-ring (bicyclic) bond motifs is 1. The van der Waals surface area contributed by atoms with E-state index < -0.39 is 26.5 Å². The third-order valence-corrected chi connectivity index (χ3v) is 7.04. The summed E-state index contributed by atoms with van der Waals surface area (Å²) < 4.78 is 38.0. The average Bonchev–Trinajstić information content (AvgIpc) is 2.79. The third-order valence-electron chi connectivity index (χ3n) is 5.15. The highest BCUT2D eigenvalue weighted by molar-refractivity contribution is 7.89. The molecule has 0 aliphatic carbocycles. The number of amides is 1. The van der Waals surface area contributed by atoms with Crippen LogP contribution in [-0.2, 0) is 10.0 Å². The second kappa shape index (κ2) is 8.52.